The van der Waals surface area contributed by atoms with Crippen LogP contribution in [-0.4, -0.2) is 10.6 Å². The molecule has 0 atom stereocenters. The Morgan fingerprint density at radius 2 is 0.564 bits per heavy atom. The molecule has 0 spiro atoms. The van der Waals surface area contributed by atoms with Crippen molar-refractivity contribution in [2.24, 2.45) is 0 Å². The van der Waals surface area contributed by atoms with Crippen LogP contribution in [0.2, 0.25) is 0 Å². The number of allylic oxidation sites excluding steroid dienone is 8. The van der Waals surface area contributed by atoms with E-state index in [9.17, 15) is 0 Å². The van der Waals surface area contributed by atoms with Crippen LogP contribution in [0, 0.1) is 0 Å². The molecular weight excluding hydrogens is 648 g/mol. The molecule has 0 saturated carbocycles. The number of halogens is 2. The van der Waals surface area contributed by atoms with Crippen LogP contribution in [0.1, 0.15) is 0 Å². The van der Waals surface area contributed by atoms with Crippen LogP contribution in [0.4, 0.5) is 0 Å². The Morgan fingerprint density at radius 3 is 0.769 bits per heavy atom. The number of benzene rings is 4. The summed E-state index contributed by atoms with van der Waals surface area (Å²) in [5.74, 6) is 0. The quantitative estimate of drug-likeness (QED) is 0.154. The molecule has 200 valence electrons. The predicted molar refractivity (Wildman–Crippen MR) is 179 cm³/mol. The van der Waals surface area contributed by atoms with Crippen LogP contribution < -0.4 is 21.2 Å². The van der Waals surface area contributed by atoms with Crippen molar-refractivity contribution < 1.29 is 15.9 Å². The molecule has 0 bridgehead atoms. The van der Waals surface area contributed by atoms with Crippen molar-refractivity contribution >= 4 is 66.0 Å². The molecule has 4 aromatic carbocycles. The molecule has 0 nitrogen and oxygen atoms in total. The monoisotopic (exact) mass is 676 g/mol. The zero-order chi connectivity index (χ0) is 27.1. The summed E-state index contributed by atoms with van der Waals surface area (Å²) in [6.07, 6.45) is 17.5. The van der Waals surface area contributed by atoms with Gasteiger partial charge < -0.3 is 0 Å². The molecule has 0 heterocycles. The molecule has 0 fully saturated rings. The minimum atomic E-state index is -0.834. The Hall–Kier alpha value is -2.32. The van der Waals surface area contributed by atoms with E-state index in [1.165, 1.54) is 31.8 Å². The number of hydrogen-bond acceptors (Lipinski definition) is 0. The van der Waals surface area contributed by atoms with Crippen molar-refractivity contribution in [2.45, 2.75) is 0 Å². The van der Waals surface area contributed by atoms with Crippen molar-refractivity contribution in [1.29, 1.82) is 0 Å². The van der Waals surface area contributed by atoms with E-state index < -0.39 is 15.1 Å². The topological polar surface area (TPSA) is 0 Å². The fraction of sp³-hybridized carbons (Fsp3) is 0. The Morgan fingerprint density at radius 1 is 0.359 bits per heavy atom. The molecular formula is C34H30Cl2P2Pd. The van der Waals surface area contributed by atoms with Gasteiger partial charge in [0.05, 0.1) is 0 Å². The first-order chi connectivity index (χ1) is 19.3. The fourth-order valence-corrected chi connectivity index (χ4v) is 9.66. The van der Waals surface area contributed by atoms with Crippen LogP contribution in [-0.2, 0) is 15.9 Å². The summed E-state index contributed by atoms with van der Waals surface area (Å²) in [5, 5.41) is 8.69. The standard InChI is InChI=1S/2C17H15P.2ClH.Pd/c2*1-3-9-15(10-4-1)18(17-13-7-8-14-17)16-11-5-2-6-12-16;;;/h2*1-14,18H;2*1H;/q;;;;+2/p-2. The third-order valence-electron chi connectivity index (χ3n) is 6.15. The molecule has 2 aliphatic carbocycles. The second-order valence-corrected chi connectivity index (χ2v) is 15.9. The van der Waals surface area contributed by atoms with E-state index in [1.54, 1.807) is 0 Å². The summed E-state index contributed by atoms with van der Waals surface area (Å²) in [6.45, 7) is 0. The first-order valence-electron chi connectivity index (χ1n) is 12.5. The van der Waals surface area contributed by atoms with Gasteiger partial charge >= 0.3 is 35.0 Å². The normalized spacial score (nSPS) is 13.0. The summed E-state index contributed by atoms with van der Waals surface area (Å²) in [5.41, 5.74) is 0. The van der Waals surface area contributed by atoms with Gasteiger partial charge in [0.25, 0.3) is 0 Å². The Balaban J connectivity index is 0.000000165. The van der Waals surface area contributed by atoms with Crippen LogP contribution >= 0.6 is 34.1 Å². The van der Waals surface area contributed by atoms with E-state index in [0.717, 1.165) is 0 Å². The van der Waals surface area contributed by atoms with E-state index in [2.05, 4.69) is 170 Å². The maximum absolute atomic E-state index is 4.81. The van der Waals surface area contributed by atoms with E-state index in [4.69, 9.17) is 19.1 Å². The molecule has 0 unspecified atom stereocenters. The van der Waals surface area contributed by atoms with Gasteiger partial charge in [-0.1, -0.05) is 185 Å². The fourth-order valence-electron chi connectivity index (χ4n) is 4.50. The Kier molecular flexibility index (Phi) is 12.7. The predicted octanol–water partition coefficient (Wildman–Crippen LogP) is 7.68. The van der Waals surface area contributed by atoms with Gasteiger partial charge in [0.1, 0.15) is 0 Å². The average molecular weight is 678 g/mol. The van der Waals surface area contributed by atoms with Gasteiger partial charge in [-0.15, -0.1) is 0 Å². The molecule has 0 aliphatic heterocycles. The molecule has 4 aromatic rings. The number of rotatable bonds is 4. The van der Waals surface area contributed by atoms with Crippen LogP contribution in [0.3, 0.4) is 0 Å². The van der Waals surface area contributed by atoms with Gasteiger partial charge in [-0.05, 0) is 31.8 Å². The van der Waals surface area contributed by atoms with Gasteiger partial charge in [0.15, 0.2) is 0 Å². The zero-order valence-electron chi connectivity index (χ0n) is 21.2. The third-order valence-corrected chi connectivity index (χ3v) is 11.6. The first kappa shape index (κ1) is 29.7. The van der Waals surface area contributed by atoms with Gasteiger partial charge in [0, 0.05) is 0 Å². The van der Waals surface area contributed by atoms with E-state index >= 15 is 0 Å². The minimum absolute atomic E-state index is 0.106. The molecule has 0 aromatic heterocycles. The van der Waals surface area contributed by atoms with Gasteiger partial charge in [-0.2, -0.15) is 0 Å². The van der Waals surface area contributed by atoms with Crippen molar-refractivity contribution in [3.8, 4) is 0 Å². The van der Waals surface area contributed by atoms with Gasteiger partial charge in [-0.25, -0.2) is 0 Å². The molecule has 0 N–H and O–H groups in total. The summed E-state index contributed by atoms with van der Waals surface area (Å²) < 4.78 is 0. The molecule has 0 radical (unpaired) electrons. The molecule has 0 saturated heterocycles. The van der Waals surface area contributed by atoms with E-state index in [1.807, 2.05) is 0 Å². The van der Waals surface area contributed by atoms with Crippen LogP contribution in [0.5, 0.6) is 0 Å². The second-order valence-electron chi connectivity index (χ2n) is 8.61. The Bertz CT molecular complexity index is 1280. The Labute approximate surface area is 250 Å². The van der Waals surface area contributed by atoms with E-state index in [-0.39, 0.29) is 15.9 Å². The first-order valence-corrected chi connectivity index (χ1v) is 19.5. The van der Waals surface area contributed by atoms with E-state index in [0.29, 0.717) is 0 Å². The third kappa shape index (κ3) is 8.84. The second kappa shape index (κ2) is 16.7. The average Bonchev–Trinajstić information content (AvgIpc) is 3.72. The van der Waals surface area contributed by atoms with Crippen molar-refractivity contribution in [3.63, 3.8) is 0 Å². The summed E-state index contributed by atoms with van der Waals surface area (Å²) in [7, 11) is 7.96. The number of hydrogen-bond donors (Lipinski definition) is 0. The van der Waals surface area contributed by atoms with Crippen LogP contribution in [0.25, 0.3) is 0 Å². The van der Waals surface area contributed by atoms with Crippen molar-refractivity contribution in [2.75, 3.05) is 0 Å². The maximum atomic E-state index is 4.81. The van der Waals surface area contributed by atoms with Crippen molar-refractivity contribution in [1.82, 2.24) is 0 Å². The summed E-state index contributed by atoms with van der Waals surface area (Å²) in [6, 6.07) is 43.3. The zero-order valence-corrected chi connectivity index (χ0v) is 26.3. The molecule has 5 heteroatoms. The summed E-state index contributed by atoms with van der Waals surface area (Å²) >= 11 is -0.106. The van der Waals surface area contributed by atoms with Gasteiger partial charge in [0.2, 0.25) is 0 Å². The summed E-state index contributed by atoms with van der Waals surface area (Å²) in [4.78, 5) is 0. The van der Waals surface area contributed by atoms with Gasteiger partial charge in [-0.3, -0.25) is 0 Å². The molecule has 6 rings (SSSR count). The molecule has 0 amide bonds. The SMILES string of the molecule is C1=CC(=[PH](c2ccccc2)c2ccccc2)C=C1.C1=CC(=[PH](c2ccccc2)c2ccccc2)C=C1.[Cl][Pd][Cl]. The van der Waals surface area contributed by atoms with Crippen LogP contribution in [0.15, 0.2) is 170 Å². The van der Waals surface area contributed by atoms with Crippen molar-refractivity contribution in [3.05, 3.63) is 170 Å². The molecule has 39 heavy (non-hydrogen) atoms. The molecule has 2 aliphatic rings.